The summed E-state index contributed by atoms with van der Waals surface area (Å²) in [5, 5.41) is 5.57. The van der Waals surface area contributed by atoms with Gasteiger partial charge in [-0.05, 0) is 37.4 Å². The molecule has 19 heavy (non-hydrogen) atoms. The van der Waals surface area contributed by atoms with Crippen molar-refractivity contribution < 1.29 is 13.9 Å². The quantitative estimate of drug-likeness (QED) is 0.844. The minimum absolute atomic E-state index is 0. The average Bonchev–Trinajstić information content (AvgIpc) is 3.16. The van der Waals surface area contributed by atoms with E-state index >= 15 is 0 Å². The zero-order valence-electron chi connectivity index (χ0n) is 10.7. The van der Waals surface area contributed by atoms with Gasteiger partial charge in [0.15, 0.2) is 0 Å². The summed E-state index contributed by atoms with van der Waals surface area (Å²) >= 11 is 0. The van der Waals surface area contributed by atoms with Crippen LogP contribution in [0.4, 0.5) is 10.1 Å². The Balaban J connectivity index is 0.00000180. The molecule has 0 heterocycles. The second-order valence-electron chi connectivity index (χ2n) is 4.47. The van der Waals surface area contributed by atoms with Gasteiger partial charge < -0.3 is 15.4 Å². The van der Waals surface area contributed by atoms with Gasteiger partial charge in [-0.1, -0.05) is 0 Å². The number of carbonyl (C=O) groups is 1. The lowest BCUT2D eigenvalue weighted by Gasteiger charge is -2.08. The van der Waals surface area contributed by atoms with E-state index in [1.54, 1.807) is 0 Å². The van der Waals surface area contributed by atoms with Crippen LogP contribution in [0.15, 0.2) is 18.2 Å². The standard InChI is InChI=1S/C13H17FN2O2.ClH/c1-18-10-4-5-11(14)12(6-10)16-13(17)8-15-7-9-2-3-9;/h4-6,9,15H,2-3,7-8H2,1H3,(H,16,17);1H. The Hall–Kier alpha value is -1.33. The molecule has 0 aliphatic heterocycles. The summed E-state index contributed by atoms with van der Waals surface area (Å²) in [6, 6.07) is 4.25. The van der Waals surface area contributed by atoms with Crippen LogP contribution < -0.4 is 15.4 Å². The molecule has 1 amide bonds. The molecular weight excluding hydrogens is 271 g/mol. The Labute approximate surface area is 118 Å². The second-order valence-corrected chi connectivity index (χ2v) is 4.47. The molecule has 2 rings (SSSR count). The lowest BCUT2D eigenvalue weighted by atomic mass is 10.3. The number of hydrogen-bond acceptors (Lipinski definition) is 3. The van der Waals surface area contributed by atoms with Crippen molar-refractivity contribution in [3.63, 3.8) is 0 Å². The van der Waals surface area contributed by atoms with Crippen molar-refractivity contribution >= 4 is 24.0 Å². The van der Waals surface area contributed by atoms with Crippen LogP contribution in [0.5, 0.6) is 5.75 Å². The Morgan fingerprint density at radius 1 is 1.47 bits per heavy atom. The molecule has 0 radical (unpaired) electrons. The molecule has 6 heteroatoms. The van der Waals surface area contributed by atoms with Gasteiger partial charge in [0.2, 0.25) is 5.91 Å². The summed E-state index contributed by atoms with van der Waals surface area (Å²) in [5.74, 6) is 0.512. The van der Waals surface area contributed by atoms with Gasteiger partial charge in [0, 0.05) is 6.07 Å². The van der Waals surface area contributed by atoms with Crippen LogP contribution in [0.2, 0.25) is 0 Å². The summed E-state index contributed by atoms with van der Waals surface area (Å²) in [5.41, 5.74) is 0.146. The van der Waals surface area contributed by atoms with E-state index in [9.17, 15) is 9.18 Å². The van der Waals surface area contributed by atoms with Gasteiger partial charge in [-0.2, -0.15) is 0 Å². The van der Waals surface area contributed by atoms with E-state index in [2.05, 4.69) is 10.6 Å². The van der Waals surface area contributed by atoms with Gasteiger partial charge in [-0.25, -0.2) is 4.39 Å². The highest BCUT2D eigenvalue weighted by molar-refractivity contribution is 5.92. The van der Waals surface area contributed by atoms with Crippen molar-refractivity contribution in [3.05, 3.63) is 24.0 Å². The summed E-state index contributed by atoms with van der Waals surface area (Å²) in [6.45, 7) is 1.06. The molecule has 0 saturated heterocycles. The molecule has 0 atom stereocenters. The average molecular weight is 289 g/mol. The molecule has 1 aliphatic carbocycles. The predicted octanol–water partition coefficient (Wildman–Crippen LogP) is 2.19. The lowest BCUT2D eigenvalue weighted by molar-refractivity contribution is -0.115. The number of rotatable bonds is 6. The van der Waals surface area contributed by atoms with E-state index in [4.69, 9.17) is 4.74 Å². The molecule has 1 aromatic carbocycles. The third kappa shape index (κ3) is 5.04. The lowest BCUT2D eigenvalue weighted by Crippen LogP contribution is -2.29. The van der Waals surface area contributed by atoms with Crippen LogP contribution in [-0.4, -0.2) is 26.1 Å². The van der Waals surface area contributed by atoms with Gasteiger partial charge in [-0.3, -0.25) is 4.79 Å². The normalized spacial score (nSPS) is 13.6. The monoisotopic (exact) mass is 288 g/mol. The van der Waals surface area contributed by atoms with Crippen LogP contribution in [-0.2, 0) is 4.79 Å². The summed E-state index contributed by atoms with van der Waals surface area (Å²) in [6.07, 6.45) is 2.47. The first-order valence-electron chi connectivity index (χ1n) is 6.03. The number of anilines is 1. The van der Waals surface area contributed by atoms with Gasteiger partial charge in [-0.15, -0.1) is 12.4 Å². The summed E-state index contributed by atoms with van der Waals surface area (Å²) in [7, 11) is 1.50. The number of amides is 1. The molecule has 0 unspecified atom stereocenters. The first-order valence-corrected chi connectivity index (χ1v) is 6.03. The maximum atomic E-state index is 13.4. The molecule has 0 spiro atoms. The van der Waals surface area contributed by atoms with Crippen LogP contribution in [0.3, 0.4) is 0 Å². The fraction of sp³-hybridized carbons (Fsp3) is 0.462. The van der Waals surface area contributed by atoms with E-state index in [1.165, 1.54) is 38.2 Å². The number of halogens is 2. The Morgan fingerprint density at radius 3 is 2.84 bits per heavy atom. The molecular formula is C13H18ClFN2O2. The first kappa shape index (κ1) is 15.7. The van der Waals surface area contributed by atoms with Crippen LogP contribution in [0, 0.1) is 11.7 Å². The van der Waals surface area contributed by atoms with Crippen molar-refractivity contribution in [3.8, 4) is 5.75 Å². The third-order valence-electron chi connectivity index (χ3n) is 2.86. The summed E-state index contributed by atoms with van der Waals surface area (Å²) in [4.78, 5) is 11.6. The van der Waals surface area contributed by atoms with Crippen molar-refractivity contribution in [2.75, 3.05) is 25.5 Å². The number of ether oxygens (including phenoxy) is 1. The fourth-order valence-electron chi connectivity index (χ4n) is 1.63. The minimum atomic E-state index is -0.466. The number of methoxy groups -OCH3 is 1. The number of nitrogens with one attached hydrogen (secondary N) is 2. The largest absolute Gasteiger partial charge is 0.497 e. The van der Waals surface area contributed by atoms with E-state index in [1.807, 2.05) is 0 Å². The molecule has 1 aromatic rings. The van der Waals surface area contributed by atoms with Gasteiger partial charge in [0.05, 0.1) is 19.3 Å². The summed E-state index contributed by atoms with van der Waals surface area (Å²) < 4.78 is 18.4. The molecule has 0 aromatic heterocycles. The first-order chi connectivity index (χ1) is 8.69. The van der Waals surface area contributed by atoms with Crippen LogP contribution in [0.1, 0.15) is 12.8 Å². The number of hydrogen-bond donors (Lipinski definition) is 2. The molecule has 1 saturated carbocycles. The van der Waals surface area contributed by atoms with E-state index < -0.39 is 5.82 Å². The van der Waals surface area contributed by atoms with Crippen molar-refractivity contribution in [1.29, 1.82) is 0 Å². The Morgan fingerprint density at radius 2 is 2.21 bits per heavy atom. The van der Waals surface area contributed by atoms with Gasteiger partial charge >= 0.3 is 0 Å². The highest BCUT2D eigenvalue weighted by atomic mass is 35.5. The topological polar surface area (TPSA) is 50.4 Å². The second kappa shape index (κ2) is 7.31. The van der Waals surface area contributed by atoms with E-state index in [0.717, 1.165) is 6.54 Å². The SMILES string of the molecule is COc1ccc(F)c(NC(=O)CNCC2CC2)c1.Cl. The molecule has 1 aliphatic rings. The molecule has 2 N–H and O–H groups in total. The Bertz CT molecular complexity index is 439. The predicted molar refractivity (Wildman–Crippen MR) is 74.4 cm³/mol. The van der Waals surface area contributed by atoms with Crippen LogP contribution in [0.25, 0.3) is 0 Å². The Kier molecular flexibility index (Phi) is 6.05. The van der Waals surface area contributed by atoms with E-state index in [0.29, 0.717) is 11.7 Å². The van der Waals surface area contributed by atoms with Crippen LogP contribution >= 0.6 is 12.4 Å². The molecule has 0 bridgehead atoms. The molecule has 4 nitrogen and oxygen atoms in total. The number of carbonyl (C=O) groups excluding carboxylic acids is 1. The molecule has 106 valence electrons. The van der Waals surface area contributed by atoms with Crippen molar-refractivity contribution in [2.24, 2.45) is 5.92 Å². The third-order valence-corrected chi connectivity index (χ3v) is 2.86. The molecule has 1 fully saturated rings. The minimum Gasteiger partial charge on any atom is -0.497 e. The maximum Gasteiger partial charge on any atom is 0.238 e. The van der Waals surface area contributed by atoms with Gasteiger partial charge in [0.1, 0.15) is 11.6 Å². The number of benzene rings is 1. The zero-order chi connectivity index (χ0) is 13.0. The van der Waals surface area contributed by atoms with Crippen molar-refractivity contribution in [1.82, 2.24) is 5.32 Å². The fourth-order valence-corrected chi connectivity index (χ4v) is 1.63. The van der Waals surface area contributed by atoms with Crippen molar-refractivity contribution in [2.45, 2.75) is 12.8 Å². The smallest absolute Gasteiger partial charge is 0.238 e. The highest BCUT2D eigenvalue weighted by Crippen LogP contribution is 2.27. The highest BCUT2D eigenvalue weighted by Gasteiger charge is 2.20. The van der Waals surface area contributed by atoms with E-state index in [-0.39, 0.29) is 30.5 Å². The van der Waals surface area contributed by atoms with Gasteiger partial charge in [0.25, 0.3) is 0 Å². The zero-order valence-corrected chi connectivity index (χ0v) is 11.6. The maximum absolute atomic E-state index is 13.4.